The first-order chi connectivity index (χ1) is 12.3. The molecule has 3 aliphatic carbocycles. The van der Waals surface area contributed by atoms with Crippen molar-refractivity contribution in [2.75, 3.05) is 6.61 Å². The number of ether oxygens (including phenoxy) is 1. The summed E-state index contributed by atoms with van der Waals surface area (Å²) in [6, 6.07) is 0. The van der Waals surface area contributed by atoms with Crippen molar-refractivity contribution >= 4 is 5.97 Å². The fourth-order valence-corrected chi connectivity index (χ4v) is 5.89. The lowest BCUT2D eigenvalue weighted by Gasteiger charge is -2.47. The molecule has 4 heteroatoms. The third-order valence-electron chi connectivity index (χ3n) is 7.37. The van der Waals surface area contributed by atoms with Crippen LogP contribution in [0.4, 0.5) is 0 Å². The average molecular weight is 363 g/mol. The Morgan fingerprint density at radius 3 is 2.73 bits per heavy atom. The molecule has 1 saturated carbocycles. The first-order valence-corrected chi connectivity index (χ1v) is 10.1. The first kappa shape index (κ1) is 19.6. The number of allylic oxidation sites excluding steroid dienone is 2. The molecule has 0 aliphatic heterocycles. The van der Waals surface area contributed by atoms with Gasteiger partial charge in [0.2, 0.25) is 0 Å². The summed E-state index contributed by atoms with van der Waals surface area (Å²) < 4.78 is 5.66. The molecular weight excluding hydrogens is 328 g/mol. The van der Waals surface area contributed by atoms with E-state index in [9.17, 15) is 15.0 Å². The molecule has 0 aromatic carbocycles. The molecular formula is C22H34O4. The molecule has 2 bridgehead atoms. The molecule has 1 unspecified atom stereocenters. The van der Waals surface area contributed by atoms with E-state index in [0.717, 1.165) is 25.7 Å². The number of hydrogen-bond acceptors (Lipinski definition) is 4. The predicted molar refractivity (Wildman–Crippen MR) is 101 cm³/mol. The number of esters is 1. The molecule has 4 nitrogen and oxygen atoms in total. The fourth-order valence-electron chi connectivity index (χ4n) is 5.89. The molecule has 0 spiro atoms. The highest BCUT2D eigenvalue weighted by Crippen LogP contribution is 2.60. The normalized spacial score (nSPS) is 41.0. The van der Waals surface area contributed by atoms with Crippen LogP contribution >= 0.6 is 0 Å². The molecule has 3 aliphatic rings. The van der Waals surface area contributed by atoms with E-state index in [4.69, 9.17) is 4.74 Å². The third-order valence-corrected chi connectivity index (χ3v) is 7.37. The van der Waals surface area contributed by atoms with Gasteiger partial charge in [0.25, 0.3) is 0 Å². The largest absolute Gasteiger partial charge is 0.462 e. The predicted octanol–water partition coefficient (Wildman–Crippen LogP) is 3.77. The monoisotopic (exact) mass is 362 g/mol. The number of aliphatic hydroxyl groups is 2. The second-order valence-corrected chi connectivity index (χ2v) is 8.89. The van der Waals surface area contributed by atoms with Gasteiger partial charge in [-0.3, -0.25) is 4.79 Å². The summed E-state index contributed by atoms with van der Waals surface area (Å²) in [5.74, 6) is 0.500. The minimum atomic E-state index is -0.799. The molecule has 0 amide bonds. The Morgan fingerprint density at radius 1 is 1.35 bits per heavy atom. The lowest BCUT2D eigenvalue weighted by molar-refractivity contribution is -0.165. The van der Waals surface area contributed by atoms with Crippen LogP contribution in [0, 0.1) is 23.2 Å². The van der Waals surface area contributed by atoms with Gasteiger partial charge < -0.3 is 14.9 Å². The average Bonchev–Trinajstić information content (AvgIpc) is 2.91. The number of rotatable bonds is 2. The van der Waals surface area contributed by atoms with Crippen LogP contribution in [0.1, 0.15) is 65.7 Å². The summed E-state index contributed by atoms with van der Waals surface area (Å²) in [6.45, 7) is 10.1. The van der Waals surface area contributed by atoms with Gasteiger partial charge in [0.1, 0.15) is 6.10 Å². The second kappa shape index (κ2) is 7.47. The van der Waals surface area contributed by atoms with Crippen molar-refractivity contribution in [1.29, 1.82) is 0 Å². The third kappa shape index (κ3) is 3.16. The SMILES string of the molecule is C=C1CCCC(C)CCC2=C(C)[C@@H]3[C@H]1C[C@@H](OC(C)=O)[C@@]3(CO)[C@@H](O)C2. The zero-order valence-corrected chi connectivity index (χ0v) is 16.5. The van der Waals surface area contributed by atoms with Gasteiger partial charge in [-0.25, -0.2) is 0 Å². The molecule has 2 N–H and O–H groups in total. The Morgan fingerprint density at radius 2 is 2.08 bits per heavy atom. The lowest BCUT2D eigenvalue weighted by Crippen LogP contribution is -2.53. The maximum absolute atomic E-state index is 11.7. The van der Waals surface area contributed by atoms with E-state index < -0.39 is 17.6 Å². The maximum Gasteiger partial charge on any atom is 0.302 e. The van der Waals surface area contributed by atoms with Crippen LogP contribution in [0.2, 0.25) is 0 Å². The van der Waals surface area contributed by atoms with Crippen molar-refractivity contribution in [3.8, 4) is 0 Å². The molecule has 3 rings (SSSR count). The molecule has 6 atom stereocenters. The zero-order chi connectivity index (χ0) is 19.1. The maximum atomic E-state index is 11.7. The number of carbonyl (C=O) groups is 1. The van der Waals surface area contributed by atoms with Crippen LogP contribution in [0.15, 0.2) is 23.3 Å². The number of hydrogen-bond donors (Lipinski definition) is 2. The number of carbonyl (C=O) groups excluding carboxylic acids is 1. The summed E-state index contributed by atoms with van der Waals surface area (Å²) in [7, 11) is 0. The van der Waals surface area contributed by atoms with Gasteiger partial charge in [0, 0.05) is 12.8 Å². The molecule has 0 aromatic rings. The van der Waals surface area contributed by atoms with E-state index in [-0.39, 0.29) is 24.4 Å². The standard InChI is InChI=1S/C22H34O4/c1-13-6-5-7-14(2)18-11-20(26-16(4)24)22(12-23)19(25)10-17(9-8-13)15(3)21(18)22/h13,18-21,23,25H,2,5-12H2,1,3-4H3/t13?,18-,19-,20+,21+,22+/m0/s1. The van der Waals surface area contributed by atoms with E-state index in [1.807, 2.05) is 0 Å². The summed E-state index contributed by atoms with van der Waals surface area (Å²) in [4.78, 5) is 11.7. The molecule has 146 valence electrons. The van der Waals surface area contributed by atoms with Gasteiger partial charge in [0.15, 0.2) is 0 Å². The Balaban J connectivity index is 2.08. The minimum Gasteiger partial charge on any atom is -0.462 e. The number of aliphatic hydroxyl groups excluding tert-OH is 2. The van der Waals surface area contributed by atoms with Crippen LogP contribution in [-0.2, 0) is 9.53 Å². The van der Waals surface area contributed by atoms with E-state index >= 15 is 0 Å². The Hall–Kier alpha value is -1.13. The Bertz CT molecular complexity index is 607. The van der Waals surface area contributed by atoms with Crippen LogP contribution in [0.5, 0.6) is 0 Å². The van der Waals surface area contributed by atoms with Gasteiger partial charge in [-0.05, 0) is 57.3 Å². The van der Waals surface area contributed by atoms with E-state index in [1.54, 1.807) is 0 Å². The first-order valence-electron chi connectivity index (χ1n) is 10.1. The van der Waals surface area contributed by atoms with Crippen LogP contribution in [-0.4, -0.2) is 35.0 Å². The lowest BCUT2D eigenvalue weighted by atomic mass is 9.61. The van der Waals surface area contributed by atoms with E-state index in [1.165, 1.54) is 30.1 Å². The topological polar surface area (TPSA) is 66.8 Å². The van der Waals surface area contributed by atoms with Crippen molar-refractivity contribution in [1.82, 2.24) is 0 Å². The second-order valence-electron chi connectivity index (χ2n) is 8.89. The minimum absolute atomic E-state index is 0.0107. The van der Waals surface area contributed by atoms with Crippen LogP contribution in [0.3, 0.4) is 0 Å². The fraction of sp³-hybridized carbons (Fsp3) is 0.773. The van der Waals surface area contributed by atoms with Crippen molar-refractivity contribution in [2.24, 2.45) is 23.2 Å². The zero-order valence-electron chi connectivity index (χ0n) is 16.5. The summed E-state index contributed by atoms with van der Waals surface area (Å²) >= 11 is 0. The van der Waals surface area contributed by atoms with E-state index in [0.29, 0.717) is 18.8 Å². The molecule has 1 fully saturated rings. The highest BCUT2D eigenvalue weighted by atomic mass is 16.5. The van der Waals surface area contributed by atoms with Crippen molar-refractivity contribution < 1.29 is 19.7 Å². The van der Waals surface area contributed by atoms with Crippen molar-refractivity contribution in [3.63, 3.8) is 0 Å². The molecule has 0 aromatic heterocycles. The van der Waals surface area contributed by atoms with Gasteiger partial charge >= 0.3 is 5.97 Å². The van der Waals surface area contributed by atoms with Crippen LogP contribution < -0.4 is 0 Å². The summed E-state index contributed by atoms with van der Waals surface area (Å²) in [6.07, 6.45) is 5.54. The van der Waals surface area contributed by atoms with Gasteiger partial charge in [-0.15, -0.1) is 0 Å². The van der Waals surface area contributed by atoms with E-state index in [2.05, 4.69) is 20.4 Å². The van der Waals surface area contributed by atoms with Gasteiger partial charge in [-0.1, -0.05) is 36.6 Å². The van der Waals surface area contributed by atoms with Gasteiger partial charge in [-0.2, -0.15) is 0 Å². The Kier molecular flexibility index (Phi) is 5.64. The molecule has 0 radical (unpaired) electrons. The summed E-state index contributed by atoms with van der Waals surface area (Å²) in [5, 5.41) is 21.6. The highest BCUT2D eigenvalue weighted by Gasteiger charge is 2.62. The van der Waals surface area contributed by atoms with Gasteiger partial charge in [0.05, 0.1) is 18.1 Å². The molecule has 26 heavy (non-hydrogen) atoms. The molecule has 0 heterocycles. The quantitative estimate of drug-likeness (QED) is 0.580. The van der Waals surface area contributed by atoms with Crippen molar-refractivity contribution in [2.45, 2.75) is 77.9 Å². The smallest absolute Gasteiger partial charge is 0.302 e. The molecule has 0 saturated heterocycles. The van der Waals surface area contributed by atoms with Crippen LogP contribution in [0.25, 0.3) is 0 Å². The van der Waals surface area contributed by atoms with Crippen molar-refractivity contribution in [3.05, 3.63) is 23.3 Å². The Labute approximate surface area is 157 Å². The summed E-state index contributed by atoms with van der Waals surface area (Å²) in [5.41, 5.74) is 3.01. The highest BCUT2D eigenvalue weighted by molar-refractivity contribution is 5.66.